The lowest BCUT2D eigenvalue weighted by atomic mass is 10.0. The van der Waals surface area contributed by atoms with Crippen molar-refractivity contribution in [1.29, 1.82) is 0 Å². The Hall–Kier alpha value is -0.970. The number of halogens is 1. The lowest BCUT2D eigenvalue weighted by molar-refractivity contribution is 0.0138. The van der Waals surface area contributed by atoms with Gasteiger partial charge in [-0.3, -0.25) is 0 Å². The summed E-state index contributed by atoms with van der Waals surface area (Å²) < 4.78 is 18.5. The molecule has 112 valence electrons. The molecule has 1 heterocycles. The van der Waals surface area contributed by atoms with Gasteiger partial charge in [0.1, 0.15) is 5.82 Å². The quantitative estimate of drug-likeness (QED) is 0.870. The fourth-order valence-electron chi connectivity index (χ4n) is 2.73. The fourth-order valence-corrected chi connectivity index (χ4v) is 2.73. The molecule has 4 heteroatoms. The Labute approximate surface area is 120 Å². The second-order valence-corrected chi connectivity index (χ2v) is 5.44. The van der Waals surface area contributed by atoms with Gasteiger partial charge in [0.25, 0.3) is 0 Å². The Balaban J connectivity index is 1.71. The topological polar surface area (TPSA) is 38.5 Å². The van der Waals surface area contributed by atoms with Crippen molar-refractivity contribution < 1.29 is 9.13 Å². The fraction of sp³-hybridized carbons (Fsp3) is 0.625. The van der Waals surface area contributed by atoms with Crippen molar-refractivity contribution in [3.05, 3.63) is 35.6 Å². The van der Waals surface area contributed by atoms with E-state index in [1.165, 1.54) is 12.1 Å². The number of ether oxygens (including phenoxy) is 1. The lowest BCUT2D eigenvalue weighted by Gasteiger charge is -2.32. The molecule has 1 unspecified atom stereocenters. The maximum Gasteiger partial charge on any atom is 0.123 e. The summed E-state index contributed by atoms with van der Waals surface area (Å²) in [6.45, 7) is 6.02. The van der Waals surface area contributed by atoms with Crippen LogP contribution in [0.15, 0.2) is 24.3 Å². The predicted octanol–water partition coefficient (Wildman–Crippen LogP) is 2.72. The lowest BCUT2D eigenvalue weighted by Crippen LogP contribution is -2.38. The summed E-state index contributed by atoms with van der Waals surface area (Å²) >= 11 is 0. The number of hydrogen-bond acceptors (Lipinski definition) is 3. The molecule has 1 aliphatic heterocycles. The van der Waals surface area contributed by atoms with Crippen LogP contribution < -0.4 is 5.73 Å². The number of nitrogens with zero attached hydrogens (tertiary/aromatic N) is 1. The largest absolute Gasteiger partial charge is 0.378 e. The third-order valence-electron chi connectivity index (χ3n) is 3.99. The van der Waals surface area contributed by atoms with Crippen LogP contribution >= 0.6 is 0 Å². The van der Waals surface area contributed by atoms with E-state index in [0.29, 0.717) is 6.10 Å². The summed E-state index contributed by atoms with van der Waals surface area (Å²) in [6.07, 6.45) is 3.56. The van der Waals surface area contributed by atoms with Gasteiger partial charge in [-0.25, -0.2) is 4.39 Å². The van der Waals surface area contributed by atoms with Gasteiger partial charge in [0.2, 0.25) is 0 Å². The third kappa shape index (κ3) is 4.54. The van der Waals surface area contributed by atoms with Crippen LogP contribution in [-0.4, -0.2) is 37.2 Å². The van der Waals surface area contributed by atoms with Gasteiger partial charge in [-0.15, -0.1) is 0 Å². The van der Waals surface area contributed by atoms with Gasteiger partial charge in [-0.1, -0.05) is 12.1 Å². The smallest absolute Gasteiger partial charge is 0.123 e. The first-order valence-corrected chi connectivity index (χ1v) is 7.54. The van der Waals surface area contributed by atoms with Crippen LogP contribution in [-0.2, 0) is 4.74 Å². The van der Waals surface area contributed by atoms with Crippen LogP contribution in [0.2, 0.25) is 0 Å². The first-order valence-electron chi connectivity index (χ1n) is 7.54. The SMILES string of the molecule is CCOC1CCN(CCC(N)c2ccc(F)cc2)CC1. The summed E-state index contributed by atoms with van der Waals surface area (Å²) in [5.41, 5.74) is 7.17. The second kappa shape index (κ2) is 7.72. The van der Waals surface area contributed by atoms with Gasteiger partial charge in [-0.05, 0) is 50.4 Å². The molecule has 1 aromatic carbocycles. The standard InChI is InChI=1S/C16H25FN2O/c1-2-20-15-7-10-19(11-8-15)12-9-16(18)13-3-5-14(17)6-4-13/h3-6,15-16H,2,7-12,18H2,1H3. The zero-order valence-electron chi connectivity index (χ0n) is 12.2. The molecule has 20 heavy (non-hydrogen) atoms. The highest BCUT2D eigenvalue weighted by molar-refractivity contribution is 5.19. The molecule has 0 saturated carbocycles. The van der Waals surface area contributed by atoms with E-state index < -0.39 is 0 Å². The van der Waals surface area contributed by atoms with Crippen LogP contribution in [0.25, 0.3) is 0 Å². The van der Waals surface area contributed by atoms with Crippen molar-refractivity contribution in [1.82, 2.24) is 4.90 Å². The summed E-state index contributed by atoms with van der Waals surface area (Å²) in [6, 6.07) is 6.49. The number of hydrogen-bond donors (Lipinski definition) is 1. The minimum Gasteiger partial charge on any atom is -0.378 e. The van der Waals surface area contributed by atoms with Crippen molar-refractivity contribution in [3.63, 3.8) is 0 Å². The zero-order valence-corrected chi connectivity index (χ0v) is 12.2. The molecule has 0 aliphatic carbocycles. The van der Waals surface area contributed by atoms with E-state index in [1.807, 2.05) is 6.92 Å². The Bertz CT molecular complexity index is 388. The molecule has 0 amide bonds. The normalized spacial score (nSPS) is 19.1. The monoisotopic (exact) mass is 280 g/mol. The molecule has 1 aromatic rings. The van der Waals surface area contributed by atoms with Gasteiger partial charge in [0, 0.05) is 25.7 Å². The highest BCUT2D eigenvalue weighted by atomic mass is 19.1. The van der Waals surface area contributed by atoms with E-state index in [-0.39, 0.29) is 11.9 Å². The molecule has 1 aliphatic rings. The molecule has 0 bridgehead atoms. The van der Waals surface area contributed by atoms with E-state index in [2.05, 4.69) is 4.90 Å². The molecule has 2 N–H and O–H groups in total. The molecule has 1 atom stereocenters. The first-order chi connectivity index (χ1) is 9.69. The van der Waals surface area contributed by atoms with E-state index in [0.717, 1.165) is 51.1 Å². The van der Waals surface area contributed by atoms with Crippen molar-refractivity contribution in [2.45, 2.75) is 38.3 Å². The van der Waals surface area contributed by atoms with E-state index in [9.17, 15) is 4.39 Å². The summed E-state index contributed by atoms with van der Waals surface area (Å²) in [5, 5.41) is 0. The van der Waals surface area contributed by atoms with Crippen LogP contribution in [0.5, 0.6) is 0 Å². The van der Waals surface area contributed by atoms with Gasteiger partial charge in [-0.2, -0.15) is 0 Å². The van der Waals surface area contributed by atoms with Crippen molar-refractivity contribution in [3.8, 4) is 0 Å². The molecule has 2 rings (SSSR count). The van der Waals surface area contributed by atoms with Crippen molar-refractivity contribution in [2.75, 3.05) is 26.2 Å². The highest BCUT2D eigenvalue weighted by Crippen LogP contribution is 2.18. The molecule has 1 fully saturated rings. The number of rotatable bonds is 6. The molecule has 1 saturated heterocycles. The van der Waals surface area contributed by atoms with Gasteiger partial charge in [0.15, 0.2) is 0 Å². The zero-order chi connectivity index (χ0) is 14.4. The van der Waals surface area contributed by atoms with Crippen LogP contribution in [0.4, 0.5) is 4.39 Å². The molecule has 3 nitrogen and oxygen atoms in total. The van der Waals surface area contributed by atoms with Crippen molar-refractivity contribution >= 4 is 0 Å². The maximum atomic E-state index is 12.9. The highest BCUT2D eigenvalue weighted by Gasteiger charge is 2.19. The number of likely N-dealkylation sites (tertiary alicyclic amines) is 1. The summed E-state index contributed by atoms with van der Waals surface area (Å²) in [4.78, 5) is 2.44. The van der Waals surface area contributed by atoms with Crippen molar-refractivity contribution in [2.24, 2.45) is 5.73 Å². The molecule has 0 spiro atoms. The Kier molecular flexibility index (Phi) is 5.95. The number of benzene rings is 1. The predicted molar refractivity (Wildman–Crippen MR) is 79.0 cm³/mol. The van der Waals surface area contributed by atoms with E-state index in [1.54, 1.807) is 12.1 Å². The average molecular weight is 280 g/mol. The molecular weight excluding hydrogens is 255 g/mol. The number of nitrogens with two attached hydrogens (primary N) is 1. The maximum absolute atomic E-state index is 12.9. The average Bonchev–Trinajstić information content (AvgIpc) is 2.47. The van der Waals surface area contributed by atoms with Crippen LogP contribution in [0, 0.1) is 5.82 Å². The number of piperidine rings is 1. The third-order valence-corrected chi connectivity index (χ3v) is 3.99. The molecule has 0 radical (unpaired) electrons. The Morgan fingerprint density at radius 3 is 2.55 bits per heavy atom. The second-order valence-electron chi connectivity index (χ2n) is 5.44. The summed E-state index contributed by atoms with van der Waals surface area (Å²) in [7, 11) is 0. The van der Waals surface area contributed by atoms with E-state index in [4.69, 9.17) is 10.5 Å². The van der Waals surface area contributed by atoms with Crippen LogP contribution in [0.3, 0.4) is 0 Å². The Morgan fingerprint density at radius 2 is 1.95 bits per heavy atom. The summed E-state index contributed by atoms with van der Waals surface area (Å²) in [5.74, 6) is -0.209. The minimum atomic E-state index is -0.209. The first kappa shape index (κ1) is 15.4. The molecular formula is C16H25FN2O. The van der Waals surface area contributed by atoms with Gasteiger partial charge >= 0.3 is 0 Å². The van der Waals surface area contributed by atoms with E-state index >= 15 is 0 Å². The van der Waals surface area contributed by atoms with Gasteiger partial charge in [0.05, 0.1) is 6.10 Å². The Morgan fingerprint density at radius 1 is 1.30 bits per heavy atom. The van der Waals surface area contributed by atoms with Gasteiger partial charge < -0.3 is 15.4 Å². The minimum absolute atomic E-state index is 0.0137. The molecule has 0 aromatic heterocycles. The van der Waals surface area contributed by atoms with Crippen LogP contribution in [0.1, 0.15) is 37.8 Å².